The summed E-state index contributed by atoms with van der Waals surface area (Å²) in [6.45, 7) is 1.09. The van der Waals surface area contributed by atoms with E-state index in [-0.39, 0.29) is 24.7 Å². The maximum absolute atomic E-state index is 11.8. The molecule has 0 aliphatic carbocycles. The van der Waals surface area contributed by atoms with E-state index in [4.69, 9.17) is 0 Å². The first-order chi connectivity index (χ1) is 9.97. The number of aromatic nitrogens is 1. The number of hydrogen-bond acceptors (Lipinski definition) is 6. The van der Waals surface area contributed by atoms with Gasteiger partial charge >= 0.3 is 0 Å². The first kappa shape index (κ1) is 15.1. The Morgan fingerprint density at radius 1 is 1.52 bits per heavy atom. The van der Waals surface area contributed by atoms with Crippen molar-refractivity contribution >= 4 is 11.6 Å². The quantitative estimate of drug-likeness (QED) is 0.446. The van der Waals surface area contributed by atoms with Gasteiger partial charge in [0.2, 0.25) is 5.91 Å². The summed E-state index contributed by atoms with van der Waals surface area (Å²) in [5.41, 5.74) is -0.740. The topological polar surface area (TPSA) is 127 Å². The van der Waals surface area contributed by atoms with Gasteiger partial charge in [0, 0.05) is 37.7 Å². The lowest BCUT2D eigenvalue weighted by Gasteiger charge is -2.14. The second kappa shape index (κ2) is 6.46. The number of nitrogens with one attached hydrogen (secondary N) is 2. The average Bonchev–Trinajstić information content (AvgIpc) is 2.84. The third-order valence-electron chi connectivity index (χ3n) is 3.36. The second-order valence-corrected chi connectivity index (χ2v) is 4.90. The minimum atomic E-state index is -0.631. The Morgan fingerprint density at radius 2 is 2.29 bits per heavy atom. The van der Waals surface area contributed by atoms with Crippen LogP contribution >= 0.6 is 0 Å². The average molecular weight is 296 g/mol. The first-order valence-electron chi connectivity index (χ1n) is 6.47. The summed E-state index contributed by atoms with van der Waals surface area (Å²) in [5, 5.41) is 25.8. The van der Waals surface area contributed by atoms with Crippen molar-refractivity contribution in [2.75, 3.05) is 19.6 Å². The van der Waals surface area contributed by atoms with Gasteiger partial charge in [-0.25, -0.2) is 0 Å². The van der Waals surface area contributed by atoms with Crippen molar-refractivity contribution in [1.29, 1.82) is 0 Å². The van der Waals surface area contributed by atoms with Gasteiger partial charge in [0.05, 0.1) is 17.2 Å². The number of carbonyl (C=O) groups is 1. The van der Waals surface area contributed by atoms with Crippen LogP contribution in [0, 0.1) is 16.0 Å². The van der Waals surface area contributed by atoms with Crippen LogP contribution in [0.4, 0.5) is 5.69 Å². The minimum absolute atomic E-state index is 0.0734. The normalized spacial score (nSPS) is 21.2. The molecule has 0 aromatic carbocycles. The molecule has 1 fully saturated rings. The number of nitrogens with zero attached hydrogens (tertiary/aromatic N) is 2. The van der Waals surface area contributed by atoms with Gasteiger partial charge in [0.1, 0.15) is 6.54 Å². The zero-order valence-corrected chi connectivity index (χ0v) is 11.2. The molecule has 2 unspecified atom stereocenters. The van der Waals surface area contributed by atoms with E-state index < -0.39 is 22.5 Å². The van der Waals surface area contributed by atoms with E-state index in [9.17, 15) is 24.8 Å². The summed E-state index contributed by atoms with van der Waals surface area (Å²) in [4.78, 5) is 33.3. The van der Waals surface area contributed by atoms with Crippen LogP contribution in [-0.4, -0.2) is 46.2 Å². The number of β-amino-alcohol motifs (C(OH)–C–C–N with tert-alkyl or cyclic N) is 1. The van der Waals surface area contributed by atoms with Gasteiger partial charge < -0.3 is 15.7 Å². The number of rotatable bonds is 5. The maximum atomic E-state index is 11.8. The third kappa shape index (κ3) is 3.86. The number of hydrogen-bond donors (Lipinski definition) is 3. The van der Waals surface area contributed by atoms with E-state index in [2.05, 4.69) is 10.6 Å². The van der Waals surface area contributed by atoms with E-state index in [0.717, 1.165) is 22.9 Å². The lowest BCUT2D eigenvalue weighted by Crippen LogP contribution is -2.37. The van der Waals surface area contributed by atoms with Crippen molar-refractivity contribution in [3.63, 3.8) is 0 Å². The largest absolute Gasteiger partial charge is 0.391 e. The highest BCUT2D eigenvalue weighted by Gasteiger charge is 2.25. The fourth-order valence-corrected chi connectivity index (χ4v) is 2.13. The summed E-state index contributed by atoms with van der Waals surface area (Å²) < 4.78 is 0.983. The van der Waals surface area contributed by atoms with Crippen LogP contribution in [0.1, 0.15) is 0 Å². The van der Waals surface area contributed by atoms with Crippen molar-refractivity contribution in [1.82, 2.24) is 15.2 Å². The molecule has 1 aromatic rings. The molecule has 1 amide bonds. The molecular formula is C12H16N4O5. The zero-order valence-electron chi connectivity index (χ0n) is 11.2. The van der Waals surface area contributed by atoms with Gasteiger partial charge in [-0.05, 0) is 0 Å². The molecule has 0 radical (unpaired) electrons. The number of nitro groups is 1. The van der Waals surface area contributed by atoms with Crippen molar-refractivity contribution < 1.29 is 14.8 Å². The Morgan fingerprint density at radius 3 is 2.90 bits per heavy atom. The molecule has 9 heteroatoms. The number of carbonyl (C=O) groups excluding carboxylic acids is 1. The molecule has 1 aliphatic heterocycles. The number of amides is 1. The highest BCUT2D eigenvalue weighted by Crippen LogP contribution is 2.08. The second-order valence-electron chi connectivity index (χ2n) is 4.90. The number of aliphatic hydroxyl groups is 1. The van der Waals surface area contributed by atoms with Gasteiger partial charge in [0.15, 0.2) is 0 Å². The Hall–Kier alpha value is -2.26. The summed E-state index contributed by atoms with van der Waals surface area (Å²) in [5.74, 6) is -0.507. The van der Waals surface area contributed by atoms with Crippen LogP contribution in [0.3, 0.4) is 0 Å². The molecule has 1 aliphatic rings. The summed E-state index contributed by atoms with van der Waals surface area (Å²) in [6.07, 6.45) is 0.527. The van der Waals surface area contributed by atoms with E-state index in [1.807, 2.05) is 0 Å². The maximum Gasteiger partial charge on any atom is 0.285 e. The van der Waals surface area contributed by atoms with Crippen molar-refractivity contribution in [3.8, 4) is 0 Å². The SMILES string of the molecule is O=C(Cn1cc([N+](=O)[O-])ccc1=O)NCC1CNCC1O. The molecule has 2 heterocycles. The molecule has 2 atom stereocenters. The predicted octanol–water partition coefficient (Wildman–Crippen LogP) is -1.55. The molecule has 0 spiro atoms. The summed E-state index contributed by atoms with van der Waals surface area (Å²) in [7, 11) is 0. The van der Waals surface area contributed by atoms with E-state index in [1.165, 1.54) is 0 Å². The summed E-state index contributed by atoms with van der Waals surface area (Å²) in [6, 6.07) is 2.15. The number of pyridine rings is 1. The van der Waals surface area contributed by atoms with Crippen LogP contribution in [0.5, 0.6) is 0 Å². The Kier molecular flexibility index (Phi) is 4.66. The van der Waals surface area contributed by atoms with Gasteiger partial charge in [-0.3, -0.25) is 24.3 Å². The van der Waals surface area contributed by atoms with Crippen molar-refractivity contribution in [3.05, 3.63) is 38.8 Å². The van der Waals surface area contributed by atoms with E-state index in [0.29, 0.717) is 13.1 Å². The molecule has 1 aromatic heterocycles. The highest BCUT2D eigenvalue weighted by molar-refractivity contribution is 5.75. The van der Waals surface area contributed by atoms with Crippen molar-refractivity contribution in [2.45, 2.75) is 12.6 Å². The van der Waals surface area contributed by atoms with Gasteiger partial charge in [-0.2, -0.15) is 0 Å². The molecule has 0 saturated carbocycles. The monoisotopic (exact) mass is 296 g/mol. The number of aliphatic hydroxyl groups excluding tert-OH is 1. The molecule has 114 valence electrons. The minimum Gasteiger partial charge on any atom is -0.391 e. The lowest BCUT2D eigenvalue weighted by molar-refractivity contribution is -0.385. The van der Waals surface area contributed by atoms with E-state index in [1.54, 1.807) is 0 Å². The fourth-order valence-electron chi connectivity index (χ4n) is 2.13. The van der Waals surface area contributed by atoms with Gasteiger partial charge in [-0.15, -0.1) is 0 Å². The van der Waals surface area contributed by atoms with Crippen LogP contribution in [-0.2, 0) is 11.3 Å². The zero-order chi connectivity index (χ0) is 15.4. The predicted molar refractivity (Wildman–Crippen MR) is 72.7 cm³/mol. The fraction of sp³-hybridized carbons (Fsp3) is 0.500. The Labute approximate surface area is 119 Å². The molecule has 1 saturated heterocycles. The van der Waals surface area contributed by atoms with Gasteiger partial charge in [0.25, 0.3) is 11.2 Å². The highest BCUT2D eigenvalue weighted by atomic mass is 16.6. The molecular weight excluding hydrogens is 280 g/mol. The van der Waals surface area contributed by atoms with Crippen LogP contribution in [0.15, 0.2) is 23.1 Å². The summed E-state index contributed by atoms with van der Waals surface area (Å²) >= 11 is 0. The lowest BCUT2D eigenvalue weighted by atomic mass is 10.1. The molecule has 2 rings (SSSR count). The molecule has 9 nitrogen and oxygen atoms in total. The van der Waals surface area contributed by atoms with Gasteiger partial charge in [-0.1, -0.05) is 0 Å². The third-order valence-corrected chi connectivity index (χ3v) is 3.36. The molecule has 21 heavy (non-hydrogen) atoms. The Bertz CT molecular complexity index is 600. The smallest absolute Gasteiger partial charge is 0.285 e. The van der Waals surface area contributed by atoms with Crippen LogP contribution in [0.25, 0.3) is 0 Å². The van der Waals surface area contributed by atoms with Crippen LogP contribution in [0.2, 0.25) is 0 Å². The van der Waals surface area contributed by atoms with Crippen LogP contribution < -0.4 is 16.2 Å². The molecule has 0 bridgehead atoms. The molecule has 3 N–H and O–H groups in total. The van der Waals surface area contributed by atoms with E-state index >= 15 is 0 Å². The first-order valence-corrected chi connectivity index (χ1v) is 6.47. The standard InChI is InChI=1S/C12H16N4O5/c17-10-5-13-3-8(10)4-14-11(18)7-15-6-9(16(20)21)1-2-12(15)19/h1-2,6,8,10,13,17H,3-5,7H2,(H,14,18). The van der Waals surface area contributed by atoms with Crippen molar-refractivity contribution in [2.24, 2.45) is 5.92 Å². The Balaban J connectivity index is 1.94.